The smallest absolute Gasteiger partial charge is 0.255 e. The zero-order chi connectivity index (χ0) is 14.2. The van der Waals surface area contributed by atoms with Crippen molar-refractivity contribution in [3.05, 3.63) is 64.3 Å². The van der Waals surface area contributed by atoms with E-state index in [-0.39, 0.29) is 5.56 Å². The van der Waals surface area contributed by atoms with E-state index in [0.29, 0.717) is 5.82 Å². The summed E-state index contributed by atoms with van der Waals surface area (Å²) in [6.45, 7) is 0. The fourth-order valence-electron chi connectivity index (χ4n) is 2.37. The van der Waals surface area contributed by atoms with Crippen LogP contribution in [0.25, 0.3) is 17.1 Å². The van der Waals surface area contributed by atoms with Crippen LogP contribution in [0.3, 0.4) is 0 Å². The Bertz CT molecular complexity index is 854. The molecule has 21 heavy (non-hydrogen) atoms. The van der Waals surface area contributed by atoms with Crippen LogP contribution in [-0.2, 0) is 11.5 Å². The summed E-state index contributed by atoms with van der Waals surface area (Å²) in [5.74, 6) is 2.14. The Morgan fingerprint density at radius 3 is 2.90 bits per heavy atom. The van der Waals surface area contributed by atoms with Gasteiger partial charge in [-0.15, -0.1) is 0 Å². The highest BCUT2D eigenvalue weighted by Crippen LogP contribution is 2.27. The van der Waals surface area contributed by atoms with Crippen LogP contribution < -0.4 is 5.56 Å². The Morgan fingerprint density at radius 2 is 2.05 bits per heavy atom. The summed E-state index contributed by atoms with van der Waals surface area (Å²) in [7, 11) is 0. The Hall–Kier alpha value is -2.34. The maximum absolute atomic E-state index is 12.0. The zero-order valence-corrected chi connectivity index (χ0v) is 11.9. The van der Waals surface area contributed by atoms with E-state index in [1.807, 2.05) is 36.5 Å². The second-order valence-electron chi connectivity index (χ2n) is 4.84. The highest BCUT2D eigenvalue weighted by atomic mass is 32.2. The molecule has 3 heterocycles. The largest absolute Gasteiger partial charge is 0.306 e. The van der Waals surface area contributed by atoms with Gasteiger partial charge in [-0.1, -0.05) is 18.2 Å². The fourth-order valence-corrected chi connectivity index (χ4v) is 3.40. The van der Waals surface area contributed by atoms with E-state index >= 15 is 0 Å². The van der Waals surface area contributed by atoms with Crippen LogP contribution >= 0.6 is 11.8 Å². The molecule has 0 saturated carbocycles. The normalized spacial score (nSPS) is 13.3. The lowest BCUT2D eigenvalue weighted by Gasteiger charge is -2.01. The number of fused-ring (bicyclic) bond motifs is 1. The monoisotopic (exact) mass is 296 g/mol. The van der Waals surface area contributed by atoms with E-state index in [0.717, 1.165) is 34.0 Å². The number of thioether (sulfide) groups is 1. The first-order valence-corrected chi connectivity index (χ1v) is 7.77. The molecule has 2 aromatic heterocycles. The van der Waals surface area contributed by atoms with E-state index in [1.54, 1.807) is 22.6 Å². The first-order valence-electron chi connectivity index (χ1n) is 6.61. The van der Waals surface area contributed by atoms with Crippen LogP contribution in [0.4, 0.5) is 0 Å². The van der Waals surface area contributed by atoms with Gasteiger partial charge in [0.05, 0.1) is 23.1 Å². The van der Waals surface area contributed by atoms with Gasteiger partial charge in [0.15, 0.2) is 0 Å². The average Bonchev–Trinajstić information content (AvgIpc) is 3.17. The lowest BCUT2D eigenvalue weighted by molar-refractivity contribution is 0.880. The lowest BCUT2D eigenvalue weighted by atomic mass is 10.2. The van der Waals surface area contributed by atoms with E-state index in [9.17, 15) is 4.79 Å². The lowest BCUT2D eigenvalue weighted by Crippen LogP contribution is -2.14. The third-order valence-corrected chi connectivity index (χ3v) is 4.43. The molecule has 0 saturated heterocycles. The van der Waals surface area contributed by atoms with Crippen molar-refractivity contribution in [1.29, 1.82) is 0 Å². The summed E-state index contributed by atoms with van der Waals surface area (Å²) in [5.41, 5.74) is 3.45. The molecule has 3 aromatic rings. The third kappa shape index (κ3) is 2.17. The van der Waals surface area contributed by atoms with Crippen LogP contribution in [0.15, 0.2) is 47.5 Å². The summed E-state index contributed by atoms with van der Waals surface area (Å²) in [6, 6.07) is 9.84. The number of rotatable bonds is 2. The Labute approximate surface area is 125 Å². The van der Waals surface area contributed by atoms with Gasteiger partial charge in [-0.05, 0) is 12.1 Å². The Kier molecular flexibility index (Phi) is 2.89. The number of aromatic nitrogens is 4. The highest BCUT2D eigenvalue weighted by Gasteiger charge is 2.18. The fraction of sp³-hybridized carbons (Fsp3) is 0.133. The molecule has 104 valence electrons. The molecule has 0 unspecified atom stereocenters. The molecular formula is C15H12N4OS. The van der Waals surface area contributed by atoms with Gasteiger partial charge in [0, 0.05) is 23.3 Å². The summed E-state index contributed by atoms with van der Waals surface area (Å²) in [4.78, 5) is 19.5. The maximum Gasteiger partial charge on any atom is 0.255 e. The molecule has 0 amide bonds. The van der Waals surface area contributed by atoms with E-state index in [2.05, 4.69) is 15.1 Å². The topological polar surface area (TPSA) is 63.6 Å². The van der Waals surface area contributed by atoms with E-state index in [4.69, 9.17) is 0 Å². The first-order chi connectivity index (χ1) is 10.3. The third-order valence-electron chi connectivity index (χ3n) is 3.46. The molecule has 0 radical (unpaired) electrons. The summed E-state index contributed by atoms with van der Waals surface area (Å²) < 4.78 is 1.78. The van der Waals surface area contributed by atoms with Gasteiger partial charge in [0.25, 0.3) is 5.56 Å². The summed E-state index contributed by atoms with van der Waals surface area (Å²) in [5, 5.41) is 4.34. The van der Waals surface area contributed by atoms with Crippen molar-refractivity contribution in [2.75, 3.05) is 0 Å². The molecule has 6 heteroatoms. The summed E-state index contributed by atoms with van der Waals surface area (Å²) in [6.07, 6.45) is 3.60. The first kappa shape index (κ1) is 12.4. The van der Waals surface area contributed by atoms with Crippen molar-refractivity contribution >= 4 is 11.8 Å². The minimum Gasteiger partial charge on any atom is -0.306 e. The van der Waals surface area contributed by atoms with Crippen molar-refractivity contribution in [2.24, 2.45) is 0 Å². The molecule has 1 aliphatic rings. The number of nitrogens with one attached hydrogen (secondary N) is 1. The van der Waals surface area contributed by atoms with Gasteiger partial charge in [0.2, 0.25) is 0 Å². The van der Waals surface area contributed by atoms with Crippen LogP contribution in [0, 0.1) is 0 Å². The SMILES string of the molecule is O=c1[nH]c(-c2cnn(-c3ccccc3)c2)nc2c1CSC2. The Balaban J connectivity index is 1.77. The van der Waals surface area contributed by atoms with Crippen LogP contribution in [-0.4, -0.2) is 19.7 Å². The number of nitrogens with zero attached hydrogens (tertiary/aromatic N) is 3. The van der Waals surface area contributed by atoms with Gasteiger partial charge in [-0.25, -0.2) is 9.67 Å². The second kappa shape index (κ2) is 4.89. The van der Waals surface area contributed by atoms with Gasteiger partial charge in [-0.2, -0.15) is 16.9 Å². The zero-order valence-electron chi connectivity index (χ0n) is 11.1. The predicted molar refractivity (Wildman–Crippen MR) is 82.4 cm³/mol. The number of H-pyrrole nitrogens is 1. The van der Waals surface area contributed by atoms with Crippen LogP contribution in [0.5, 0.6) is 0 Å². The minimum absolute atomic E-state index is 0.0348. The number of hydrogen-bond donors (Lipinski definition) is 1. The Morgan fingerprint density at radius 1 is 1.19 bits per heavy atom. The quantitative estimate of drug-likeness (QED) is 0.788. The molecule has 0 spiro atoms. The number of para-hydroxylation sites is 1. The maximum atomic E-state index is 12.0. The minimum atomic E-state index is -0.0348. The van der Waals surface area contributed by atoms with Gasteiger partial charge >= 0.3 is 0 Å². The van der Waals surface area contributed by atoms with Crippen molar-refractivity contribution in [3.8, 4) is 17.1 Å². The van der Waals surface area contributed by atoms with E-state index < -0.39 is 0 Å². The summed E-state index contributed by atoms with van der Waals surface area (Å²) >= 11 is 1.72. The molecule has 0 aliphatic carbocycles. The number of hydrogen-bond acceptors (Lipinski definition) is 4. The number of aromatic amines is 1. The molecule has 1 aliphatic heterocycles. The second-order valence-corrected chi connectivity index (χ2v) is 5.83. The molecule has 4 rings (SSSR count). The van der Waals surface area contributed by atoms with Crippen molar-refractivity contribution in [1.82, 2.24) is 19.7 Å². The predicted octanol–water partition coefficient (Wildman–Crippen LogP) is 2.37. The standard InChI is InChI=1S/C15H12N4OS/c20-15-12-8-21-9-13(12)17-14(18-15)10-6-16-19(7-10)11-4-2-1-3-5-11/h1-7H,8-9H2,(H,17,18,20). The molecule has 5 nitrogen and oxygen atoms in total. The van der Waals surface area contributed by atoms with Gasteiger partial charge < -0.3 is 4.98 Å². The van der Waals surface area contributed by atoms with E-state index in [1.165, 1.54) is 0 Å². The van der Waals surface area contributed by atoms with Crippen molar-refractivity contribution in [2.45, 2.75) is 11.5 Å². The van der Waals surface area contributed by atoms with Crippen LogP contribution in [0.1, 0.15) is 11.3 Å². The van der Waals surface area contributed by atoms with Gasteiger partial charge in [-0.3, -0.25) is 4.79 Å². The van der Waals surface area contributed by atoms with Crippen molar-refractivity contribution in [3.63, 3.8) is 0 Å². The molecule has 0 bridgehead atoms. The highest BCUT2D eigenvalue weighted by molar-refractivity contribution is 7.98. The molecular weight excluding hydrogens is 284 g/mol. The van der Waals surface area contributed by atoms with Gasteiger partial charge in [0.1, 0.15) is 5.82 Å². The molecule has 0 atom stereocenters. The van der Waals surface area contributed by atoms with Crippen molar-refractivity contribution < 1.29 is 0 Å². The van der Waals surface area contributed by atoms with Crippen LogP contribution in [0.2, 0.25) is 0 Å². The molecule has 1 N–H and O–H groups in total. The number of benzene rings is 1. The molecule has 0 fully saturated rings. The molecule has 1 aromatic carbocycles. The average molecular weight is 296 g/mol.